The van der Waals surface area contributed by atoms with Crippen LogP contribution in [0.4, 0.5) is 0 Å². The fourth-order valence-corrected chi connectivity index (χ4v) is 0.405. The van der Waals surface area contributed by atoms with Gasteiger partial charge in [-0.1, -0.05) is 6.92 Å². The molecule has 0 saturated heterocycles. The van der Waals surface area contributed by atoms with E-state index >= 15 is 0 Å². The molecular weight excluding hydrogens is 88.1 g/mol. The second-order valence-corrected chi connectivity index (χ2v) is 1.56. The smallest absolute Gasteiger partial charge is 0.210 e. The Morgan fingerprint density at radius 1 is 1.71 bits per heavy atom. The lowest BCUT2D eigenvalue weighted by atomic mass is 10.5. The standard InChI is InChI=1S/C6H13O/c1-4-6-7(3)5-2/h5H,2,4,6H2,1,3H3/q+1. The Bertz CT molecular complexity index is 50.1. The normalized spacial score (nSPS) is 8.29. The molecule has 0 aromatic carbocycles. The number of rotatable bonds is 3. The third-order valence-corrected chi connectivity index (χ3v) is 0.811. The Morgan fingerprint density at radius 2 is 2.29 bits per heavy atom. The second-order valence-electron chi connectivity index (χ2n) is 1.56. The predicted molar refractivity (Wildman–Crippen MR) is 32.4 cm³/mol. The van der Waals surface area contributed by atoms with Gasteiger partial charge in [0.15, 0.2) is 13.7 Å². The van der Waals surface area contributed by atoms with E-state index in [-0.39, 0.29) is 0 Å². The lowest BCUT2D eigenvalue weighted by Crippen LogP contribution is -1.99. The van der Waals surface area contributed by atoms with Gasteiger partial charge in [-0.3, -0.25) is 0 Å². The highest BCUT2D eigenvalue weighted by Gasteiger charge is 1.85. The molecule has 0 atom stereocenters. The van der Waals surface area contributed by atoms with Gasteiger partial charge in [0.25, 0.3) is 0 Å². The molecule has 0 aromatic heterocycles. The molecule has 0 bridgehead atoms. The molecule has 0 radical (unpaired) electrons. The van der Waals surface area contributed by atoms with Gasteiger partial charge in [-0.05, 0) is 6.58 Å². The lowest BCUT2D eigenvalue weighted by molar-refractivity contribution is -0.00887. The zero-order valence-electron chi connectivity index (χ0n) is 5.11. The van der Waals surface area contributed by atoms with Gasteiger partial charge >= 0.3 is 0 Å². The van der Waals surface area contributed by atoms with Gasteiger partial charge in [-0.15, -0.1) is 0 Å². The first-order valence-corrected chi connectivity index (χ1v) is 2.55. The Balaban J connectivity index is 2.98. The quantitative estimate of drug-likeness (QED) is 0.376. The van der Waals surface area contributed by atoms with Crippen LogP contribution in [0.3, 0.4) is 0 Å². The summed E-state index contributed by atoms with van der Waals surface area (Å²) < 4.78 is 2.75. The molecule has 0 aliphatic heterocycles. The van der Waals surface area contributed by atoms with Crippen molar-refractivity contribution in [1.29, 1.82) is 0 Å². The summed E-state index contributed by atoms with van der Waals surface area (Å²) in [4.78, 5) is 0. The van der Waals surface area contributed by atoms with Crippen molar-refractivity contribution in [2.45, 2.75) is 13.3 Å². The average molecular weight is 101 g/mol. The van der Waals surface area contributed by atoms with Gasteiger partial charge in [0.1, 0.15) is 0 Å². The van der Waals surface area contributed by atoms with Crippen molar-refractivity contribution >= 4 is 0 Å². The molecule has 0 amide bonds. The molecule has 0 heterocycles. The largest absolute Gasteiger partial charge is 0.580 e. The van der Waals surface area contributed by atoms with Gasteiger partial charge < -0.3 is 4.37 Å². The molecule has 1 nitrogen and oxygen atoms in total. The van der Waals surface area contributed by atoms with E-state index in [1.165, 1.54) is 0 Å². The van der Waals surface area contributed by atoms with E-state index in [1.54, 1.807) is 6.26 Å². The van der Waals surface area contributed by atoms with Crippen LogP contribution in [0.5, 0.6) is 0 Å². The lowest BCUT2D eigenvalue weighted by Gasteiger charge is -2.10. The van der Waals surface area contributed by atoms with Crippen LogP contribution in [0, 0.1) is 0 Å². The molecule has 42 valence electrons. The molecule has 7 heavy (non-hydrogen) atoms. The minimum Gasteiger partial charge on any atom is -0.580 e. The van der Waals surface area contributed by atoms with Crippen LogP contribution < -0.4 is 0 Å². The third-order valence-electron chi connectivity index (χ3n) is 0.811. The molecule has 1 heteroatoms. The molecule has 0 unspecified atom stereocenters. The van der Waals surface area contributed by atoms with E-state index in [1.807, 2.05) is 7.11 Å². The zero-order chi connectivity index (χ0) is 5.70. The summed E-state index contributed by atoms with van der Waals surface area (Å²) in [5.41, 5.74) is 0. The highest BCUT2D eigenvalue weighted by Crippen LogP contribution is 1.90. The molecular formula is C6H13O+. The summed E-state index contributed by atoms with van der Waals surface area (Å²) >= 11 is 0. The van der Waals surface area contributed by atoms with E-state index in [0.717, 1.165) is 13.0 Å². The van der Waals surface area contributed by atoms with Crippen LogP contribution >= 0.6 is 0 Å². The Labute approximate surface area is 45.3 Å². The molecule has 0 rings (SSSR count). The molecule has 0 aliphatic carbocycles. The molecule has 0 spiro atoms. The van der Waals surface area contributed by atoms with Crippen LogP contribution in [-0.4, -0.2) is 13.7 Å². The van der Waals surface area contributed by atoms with Crippen LogP contribution in [0.15, 0.2) is 12.8 Å². The second kappa shape index (κ2) is 3.72. The maximum Gasteiger partial charge on any atom is 0.210 e. The molecule has 0 aromatic rings. The minimum atomic E-state index is 1.03. The van der Waals surface area contributed by atoms with E-state index < -0.39 is 0 Å². The molecule has 0 aliphatic rings. The molecule has 0 saturated carbocycles. The average Bonchev–Trinajstić information content (AvgIpc) is 1.68. The Morgan fingerprint density at radius 3 is 2.43 bits per heavy atom. The summed E-state index contributed by atoms with van der Waals surface area (Å²) in [7, 11) is 1.94. The fourth-order valence-electron chi connectivity index (χ4n) is 0.405. The van der Waals surface area contributed by atoms with Crippen LogP contribution in [0.2, 0.25) is 0 Å². The van der Waals surface area contributed by atoms with Crippen LogP contribution in [0.1, 0.15) is 13.3 Å². The van der Waals surface area contributed by atoms with Gasteiger partial charge in [0.05, 0.1) is 0 Å². The van der Waals surface area contributed by atoms with E-state index in [4.69, 9.17) is 0 Å². The van der Waals surface area contributed by atoms with Crippen molar-refractivity contribution in [2.24, 2.45) is 0 Å². The summed E-state index contributed by atoms with van der Waals surface area (Å²) in [6.07, 6.45) is 2.91. The van der Waals surface area contributed by atoms with Gasteiger partial charge in [0, 0.05) is 6.42 Å². The summed E-state index contributed by atoms with van der Waals surface area (Å²) in [5.74, 6) is 0. The minimum absolute atomic E-state index is 1.03. The van der Waals surface area contributed by atoms with Crippen molar-refractivity contribution < 1.29 is 4.37 Å². The first kappa shape index (κ1) is 6.54. The Hall–Kier alpha value is -0.460. The fraction of sp³-hybridized carbons (Fsp3) is 0.667. The van der Waals surface area contributed by atoms with Crippen LogP contribution in [-0.2, 0) is 4.37 Å². The van der Waals surface area contributed by atoms with Gasteiger partial charge in [-0.2, -0.15) is 0 Å². The topological polar surface area (TPSA) is 2.70 Å². The maximum atomic E-state index is 3.57. The molecule has 0 fully saturated rings. The monoisotopic (exact) mass is 101 g/mol. The van der Waals surface area contributed by atoms with Crippen molar-refractivity contribution in [2.75, 3.05) is 13.7 Å². The first-order valence-electron chi connectivity index (χ1n) is 2.55. The third kappa shape index (κ3) is 3.37. The van der Waals surface area contributed by atoms with Crippen molar-refractivity contribution in [3.8, 4) is 0 Å². The predicted octanol–water partition coefficient (Wildman–Crippen LogP) is 1.72. The van der Waals surface area contributed by atoms with Crippen molar-refractivity contribution in [1.82, 2.24) is 0 Å². The van der Waals surface area contributed by atoms with Gasteiger partial charge in [-0.25, -0.2) is 0 Å². The maximum absolute atomic E-state index is 3.57. The number of hydrogen-bond donors (Lipinski definition) is 0. The SMILES string of the molecule is C=C[O+](C)CCC. The molecule has 0 N–H and O–H groups in total. The summed E-state index contributed by atoms with van der Waals surface area (Å²) in [5, 5.41) is 0. The Kier molecular flexibility index (Phi) is 3.48. The van der Waals surface area contributed by atoms with E-state index in [0.29, 0.717) is 0 Å². The first-order chi connectivity index (χ1) is 3.31. The highest BCUT2D eigenvalue weighted by molar-refractivity contribution is 4.52. The number of hydrogen-bond acceptors (Lipinski definition) is 0. The van der Waals surface area contributed by atoms with E-state index in [9.17, 15) is 0 Å². The van der Waals surface area contributed by atoms with Crippen molar-refractivity contribution in [3.05, 3.63) is 12.8 Å². The summed E-state index contributed by atoms with van der Waals surface area (Å²) in [6.45, 7) is 6.73. The zero-order valence-corrected chi connectivity index (χ0v) is 5.11. The van der Waals surface area contributed by atoms with Crippen LogP contribution in [0.25, 0.3) is 0 Å². The van der Waals surface area contributed by atoms with Gasteiger partial charge in [0.2, 0.25) is 6.26 Å². The van der Waals surface area contributed by atoms with Crippen molar-refractivity contribution in [3.63, 3.8) is 0 Å². The highest BCUT2D eigenvalue weighted by atomic mass is 16.7. The summed E-state index contributed by atoms with van der Waals surface area (Å²) in [6, 6.07) is 0. The van der Waals surface area contributed by atoms with E-state index in [2.05, 4.69) is 17.9 Å².